The second-order valence-corrected chi connectivity index (χ2v) is 20.7. The molecule has 2 aromatic rings. The summed E-state index contributed by atoms with van der Waals surface area (Å²) in [5.41, 5.74) is 23.3. The lowest BCUT2D eigenvalue weighted by atomic mass is 10.0. The number of nitrogens with two attached hydrogens (primary N) is 4. The molecule has 0 spiro atoms. The monoisotopic (exact) mass is 1210 g/mol. The van der Waals surface area contributed by atoms with Crippen LogP contribution in [0.5, 0.6) is 0 Å². The molecule has 2 aliphatic rings. The molecule has 2 saturated heterocycles. The molecule has 0 saturated carbocycles. The number of nitrogens with one attached hydrogen (secondary N) is 10. The number of primary amides is 2. The fraction of sp³-hybridized carbons (Fsp3) is 0.538. The van der Waals surface area contributed by atoms with Crippen molar-refractivity contribution in [2.75, 3.05) is 39.3 Å². The third kappa shape index (κ3) is 21.4. The van der Waals surface area contributed by atoms with E-state index < -0.39 is 182 Å². The van der Waals surface area contributed by atoms with E-state index in [4.69, 9.17) is 22.9 Å². The van der Waals surface area contributed by atoms with Crippen LogP contribution >= 0.6 is 0 Å². The minimum absolute atomic E-state index is 0.00735. The highest BCUT2D eigenvalue weighted by Crippen LogP contribution is 2.22. The zero-order chi connectivity index (χ0) is 63.9. The summed E-state index contributed by atoms with van der Waals surface area (Å²) in [5.74, 6) is -16.2. The Kier molecular flexibility index (Phi) is 26.2. The number of likely N-dealkylation sites (tertiary alicyclic amines) is 2. The smallest absolute Gasteiger partial charge is 0.305 e. The number of carboxylic acids is 2. The van der Waals surface area contributed by atoms with Gasteiger partial charge in [0.15, 0.2) is 5.96 Å². The number of carbonyl (C=O) groups is 15. The molecule has 0 aliphatic carbocycles. The van der Waals surface area contributed by atoms with E-state index in [1.807, 2.05) is 24.3 Å². The number of aliphatic imine (C=N–C) groups is 1. The Labute approximate surface area is 491 Å². The molecule has 1 aromatic carbocycles. The third-order valence-electron chi connectivity index (χ3n) is 13.7. The van der Waals surface area contributed by atoms with Crippen molar-refractivity contribution in [3.05, 3.63) is 36.0 Å². The number of carboxylic acid groups (broad SMARTS) is 2. The maximum Gasteiger partial charge on any atom is 0.305 e. The van der Waals surface area contributed by atoms with Crippen molar-refractivity contribution in [3.63, 3.8) is 0 Å². The molecule has 8 atom stereocenters. The van der Waals surface area contributed by atoms with Crippen LogP contribution in [0.2, 0.25) is 0 Å². The molecule has 2 aliphatic heterocycles. The normalized spacial score (nSPS) is 16.6. The van der Waals surface area contributed by atoms with Crippen molar-refractivity contribution in [2.24, 2.45) is 33.8 Å². The number of guanidine groups is 1. The van der Waals surface area contributed by atoms with Crippen molar-refractivity contribution < 1.29 is 82.1 Å². The van der Waals surface area contributed by atoms with Crippen LogP contribution in [0.3, 0.4) is 0 Å². The van der Waals surface area contributed by atoms with Crippen LogP contribution in [0.4, 0.5) is 0 Å². The van der Waals surface area contributed by atoms with E-state index in [0.29, 0.717) is 6.42 Å². The standard InChI is InChI=1S/C52H75N17O17/c1-25(2)43(50(85)61-22-38(72)59-24-40(74)68-15-7-12-35(68)48(83)64-31(44(54)79)17-27-21-58-29-10-5-4-9-28(27)29)67-47(82)33(20-42(77)78)63-39(73)23-60-45(80)32(19-41(75)76)65-49(84)36-13-8-16-69(36)51(86)34(18-37(53)71)66-46(81)30(62-26(3)70)11-6-14-57-52(55)56/h4-5,9-10,21,25,30-36,43,58H,6-8,11-20,22-24H2,1-3H3,(H2,53,71)(H2,54,79)(H,59,72)(H,60,80)(H,61,85)(H,62,70)(H,63,73)(H,64,83)(H,65,84)(H,66,81)(H,67,82)(H,75,76)(H,77,78)(H4,55,56,57)/t30-,31-,32-,33-,34-,35-,36-,43-/m0/s1. The SMILES string of the molecule is CC(=O)N[C@@H](CCCN=C(N)N)C(=O)N[C@@H](CC(N)=O)C(=O)N1CCC[C@H]1C(=O)N[C@@H](CC(=O)O)C(=O)NCC(=O)N[C@@H](CC(=O)O)C(=O)N[C@H](C(=O)NCC(=O)NCC(=O)N1CCC[C@H]1C(=O)N[C@@H](Cc1c[nH]c2ccccc12)C(N)=O)C(C)C. The van der Waals surface area contributed by atoms with Gasteiger partial charge in [-0.15, -0.1) is 0 Å². The number of aromatic nitrogens is 1. The van der Waals surface area contributed by atoms with Gasteiger partial charge >= 0.3 is 11.9 Å². The van der Waals surface area contributed by atoms with Crippen molar-refractivity contribution in [3.8, 4) is 0 Å². The Morgan fingerprint density at radius 1 is 0.628 bits per heavy atom. The number of para-hydroxylation sites is 1. The van der Waals surface area contributed by atoms with Gasteiger partial charge in [0.05, 0.1) is 38.9 Å². The lowest BCUT2D eigenvalue weighted by molar-refractivity contribution is -0.144. The highest BCUT2D eigenvalue weighted by atomic mass is 16.4. The molecule has 0 unspecified atom stereocenters. The minimum Gasteiger partial charge on any atom is -0.481 e. The lowest BCUT2D eigenvalue weighted by Crippen LogP contribution is -2.59. The van der Waals surface area contributed by atoms with Gasteiger partial charge in [-0.2, -0.15) is 0 Å². The first kappa shape index (κ1) is 68.6. The topological polar surface area (TPSA) is 543 Å². The Hall–Kier alpha value is -9.92. The van der Waals surface area contributed by atoms with Crippen molar-refractivity contribution in [2.45, 2.75) is 133 Å². The number of rotatable bonds is 33. The van der Waals surface area contributed by atoms with E-state index in [1.165, 1.54) is 18.7 Å². The predicted octanol–water partition coefficient (Wildman–Crippen LogP) is -7.01. The summed E-state index contributed by atoms with van der Waals surface area (Å²) >= 11 is 0. The molecule has 0 bridgehead atoms. The van der Waals surface area contributed by atoms with Crippen LogP contribution in [0.1, 0.15) is 84.1 Å². The van der Waals surface area contributed by atoms with Gasteiger partial charge < -0.3 is 95.8 Å². The second kappa shape index (κ2) is 32.8. The number of carbonyl (C=O) groups excluding carboxylic acids is 13. The average molecular weight is 1210 g/mol. The van der Waals surface area contributed by atoms with Gasteiger partial charge in [0.1, 0.15) is 48.3 Å². The summed E-state index contributed by atoms with van der Waals surface area (Å²) in [4.78, 5) is 203. The number of H-pyrrole nitrogens is 1. The molecule has 3 heterocycles. The van der Waals surface area contributed by atoms with Gasteiger partial charge in [0, 0.05) is 50.1 Å². The molecular weight excluding hydrogens is 1130 g/mol. The quantitative estimate of drug-likeness (QED) is 0.0179. The van der Waals surface area contributed by atoms with Crippen LogP contribution in [-0.2, 0) is 78.3 Å². The Balaban J connectivity index is 1.30. The highest BCUT2D eigenvalue weighted by molar-refractivity contribution is 6.00. The molecule has 0 radical (unpaired) electrons. The first-order valence-electron chi connectivity index (χ1n) is 27.4. The summed E-state index contributed by atoms with van der Waals surface area (Å²) in [5, 5.41) is 40.9. The molecule has 34 heteroatoms. The van der Waals surface area contributed by atoms with Crippen LogP contribution in [0, 0.1) is 5.92 Å². The Morgan fingerprint density at radius 3 is 1.79 bits per heavy atom. The number of benzene rings is 1. The van der Waals surface area contributed by atoms with Crippen LogP contribution in [0.15, 0.2) is 35.5 Å². The van der Waals surface area contributed by atoms with E-state index >= 15 is 0 Å². The summed E-state index contributed by atoms with van der Waals surface area (Å²) in [6.07, 6.45) is -0.0474. The van der Waals surface area contributed by atoms with E-state index in [-0.39, 0.29) is 64.1 Å². The van der Waals surface area contributed by atoms with Gasteiger partial charge in [-0.05, 0) is 56.1 Å². The second-order valence-electron chi connectivity index (χ2n) is 20.7. The number of fused-ring (bicyclic) bond motifs is 1. The summed E-state index contributed by atoms with van der Waals surface area (Å²) in [7, 11) is 0. The highest BCUT2D eigenvalue weighted by Gasteiger charge is 2.41. The molecule has 2 fully saturated rings. The van der Waals surface area contributed by atoms with Gasteiger partial charge in [0.2, 0.25) is 76.8 Å². The van der Waals surface area contributed by atoms with Gasteiger partial charge in [-0.3, -0.25) is 76.9 Å². The number of aliphatic carboxylic acids is 2. The first-order chi connectivity index (χ1) is 40.6. The van der Waals surface area contributed by atoms with E-state index in [0.717, 1.165) is 28.3 Å². The Morgan fingerprint density at radius 2 is 1.20 bits per heavy atom. The zero-order valence-corrected chi connectivity index (χ0v) is 47.6. The van der Waals surface area contributed by atoms with Gasteiger partial charge in [-0.1, -0.05) is 32.0 Å². The van der Waals surface area contributed by atoms with Gasteiger partial charge in [-0.25, -0.2) is 0 Å². The molecule has 13 amide bonds. The molecule has 4 rings (SSSR count). The zero-order valence-electron chi connectivity index (χ0n) is 47.6. The van der Waals surface area contributed by atoms with Crippen molar-refractivity contribution in [1.29, 1.82) is 0 Å². The fourth-order valence-electron chi connectivity index (χ4n) is 9.52. The van der Waals surface area contributed by atoms with Crippen LogP contribution < -0.4 is 70.8 Å². The van der Waals surface area contributed by atoms with E-state index in [1.54, 1.807) is 6.20 Å². The summed E-state index contributed by atoms with van der Waals surface area (Å²) in [6, 6.07) is -4.26. The number of hydrogen-bond donors (Lipinski definition) is 16. The predicted molar refractivity (Wildman–Crippen MR) is 300 cm³/mol. The minimum atomic E-state index is -1.91. The van der Waals surface area contributed by atoms with Gasteiger partial charge in [0.25, 0.3) is 0 Å². The molecule has 470 valence electrons. The lowest BCUT2D eigenvalue weighted by Gasteiger charge is -2.30. The number of amides is 13. The molecule has 86 heavy (non-hydrogen) atoms. The number of aromatic amines is 1. The summed E-state index contributed by atoms with van der Waals surface area (Å²) in [6.45, 7) is 1.92. The fourth-order valence-corrected chi connectivity index (χ4v) is 9.52. The molecular formula is C52H75N17O17. The van der Waals surface area contributed by atoms with E-state index in [9.17, 15) is 82.1 Å². The van der Waals surface area contributed by atoms with Crippen molar-refractivity contribution >= 4 is 106 Å². The first-order valence-corrected chi connectivity index (χ1v) is 27.4. The Bertz CT molecular complexity index is 2930. The van der Waals surface area contributed by atoms with Crippen LogP contribution in [0.25, 0.3) is 10.9 Å². The van der Waals surface area contributed by atoms with Crippen LogP contribution in [-0.4, -0.2) is 207 Å². The maximum absolute atomic E-state index is 13.9. The maximum atomic E-state index is 13.9. The average Bonchev–Trinajstić information content (AvgIpc) is 3.46. The number of hydrogen-bond acceptors (Lipinski definition) is 16. The number of nitrogens with zero attached hydrogens (tertiary/aromatic N) is 3. The van der Waals surface area contributed by atoms with E-state index in [2.05, 4.69) is 57.8 Å². The molecule has 1 aromatic heterocycles. The molecule has 34 nitrogen and oxygen atoms in total. The van der Waals surface area contributed by atoms with Crippen molar-refractivity contribution in [1.82, 2.24) is 62.6 Å². The molecule has 20 N–H and O–H groups in total. The largest absolute Gasteiger partial charge is 0.481 e. The third-order valence-corrected chi connectivity index (χ3v) is 13.7. The summed E-state index contributed by atoms with van der Waals surface area (Å²) < 4.78 is 0.